The molecule has 0 unspecified atom stereocenters. The van der Waals surface area contributed by atoms with Crippen LogP contribution in [-0.4, -0.2) is 25.5 Å². The standard InChI is InChI=1S/C8H14N4O/c9-7-10-6-12(11-7)5-8(13)3-1-2-4-8/h6,13H,1-5H2,(H2,9,11). The van der Waals surface area contributed by atoms with E-state index in [4.69, 9.17) is 5.73 Å². The third kappa shape index (κ3) is 1.80. The van der Waals surface area contributed by atoms with Crippen molar-refractivity contribution in [3.63, 3.8) is 0 Å². The third-order valence-electron chi connectivity index (χ3n) is 2.54. The minimum absolute atomic E-state index is 0.265. The van der Waals surface area contributed by atoms with Crippen molar-refractivity contribution in [1.29, 1.82) is 0 Å². The predicted molar refractivity (Wildman–Crippen MR) is 47.9 cm³/mol. The van der Waals surface area contributed by atoms with Crippen molar-refractivity contribution in [2.24, 2.45) is 0 Å². The fourth-order valence-electron chi connectivity index (χ4n) is 1.88. The average Bonchev–Trinajstić information content (AvgIpc) is 2.62. The molecule has 1 aromatic heterocycles. The summed E-state index contributed by atoms with van der Waals surface area (Å²) in [5, 5.41) is 14.0. The maximum absolute atomic E-state index is 10.0. The zero-order valence-corrected chi connectivity index (χ0v) is 7.48. The van der Waals surface area contributed by atoms with E-state index in [-0.39, 0.29) is 5.95 Å². The van der Waals surface area contributed by atoms with Gasteiger partial charge in [0.15, 0.2) is 0 Å². The van der Waals surface area contributed by atoms with Gasteiger partial charge in [-0.05, 0) is 12.8 Å². The van der Waals surface area contributed by atoms with Crippen LogP contribution in [-0.2, 0) is 6.54 Å². The van der Waals surface area contributed by atoms with Crippen LogP contribution in [0.4, 0.5) is 5.95 Å². The van der Waals surface area contributed by atoms with E-state index < -0.39 is 5.60 Å². The van der Waals surface area contributed by atoms with Gasteiger partial charge in [-0.2, -0.15) is 0 Å². The molecule has 0 aromatic carbocycles. The van der Waals surface area contributed by atoms with E-state index in [0.29, 0.717) is 6.54 Å². The van der Waals surface area contributed by atoms with E-state index in [1.807, 2.05) is 0 Å². The summed E-state index contributed by atoms with van der Waals surface area (Å²) >= 11 is 0. The first kappa shape index (κ1) is 8.50. The Kier molecular flexibility index (Phi) is 1.95. The van der Waals surface area contributed by atoms with Gasteiger partial charge in [-0.15, -0.1) is 5.10 Å². The van der Waals surface area contributed by atoms with Crippen molar-refractivity contribution in [3.8, 4) is 0 Å². The molecule has 1 heterocycles. The molecule has 0 saturated heterocycles. The van der Waals surface area contributed by atoms with E-state index in [1.54, 1.807) is 11.0 Å². The lowest BCUT2D eigenvalue weighted by molar-refractivity contribution is 0.0265. The van der Waals surface area contributed by atoms with E-state index in [1.165, 1.54) is 0 Å². The molecule has 1 aliphatic rings. The van der Waals surface area contributed by atoms with E-state index in [2.05, 4.69) is 10.1 Å². The van der Waals surface area contributed by atoms with Crippen LogP contribution >= 0.6 is 0 Å². The molecule has 1 aliphatic carbocycles. The summed E-state index contributed by atoms with van der Waals surface area (Å²) < 4.78 is 1.61. The summed E-state index contributed by atoms with van der Waals surface area (Å²) in [6, 6.07) is 0. The van der Waals surface area contributed by atoms with Crippen LogP contribution in [0.2, 0.25) is 0 Å². The van der Waals surface area contributed by atoms with Gasteiger partial charge >= 0.3 is 0 Å². The van der Waals surface area contributed by atoms with Gasteiger partial charge in [0.1, 0.15) is 6.33 Å². The summed E-state index contributed by atoms with van der Waals surface area (Å²) in [7, 11) is 0. The van der Waals surface area contributed by atoms with Crippen LogP contribution in [0.25, 0.3) is 0 Å². The molecule has 0 bridgehead atoms. The van der Waals surface area contributed by atoms with E-state index in [9.17, 15) is 5.11 Å². The number of aromatic nitrogens is 3. The van der Waals surface area contributed by atoms with Gasteiger partial charge in [0.25, 0.3) is 0 Å². The lowest BCUT2D eigenvalue weighted by Crippen LogP contribution is -2.30. The molecule has 0 aliphatic heterocycles. The SMILES string of the molecule is Nc1ncn(CC2(O)CCCC2)n1. The molecule has 2 rings (SSSR count). The first-order valence-electron chi connectivity index (χ1n) is 4.55. The molecule has 1 aromatic rings. The smallest absolute Gasteiger partial charge is 0.239 e. The van der Waals surface area contributed by atoms with Gasteiger partial charge in [0.2, 0.25) is 5.95 Å². The molecule has 72 valence electrons. The molecule has 1 fully saturated rings. The number of hydrogen-bond donors (Lipinski definition) is 2. The summed E-state index contributed by atoms with van der Waals surface area (Å²) in [6.45, 7) is 0.511. The van der Waals surface area contributed by atoms with E-state index in [0.717, 1.165) is 25.7 Å². The number of nitrogens with two attached hydrogens (primary N) is 1. The molecular formula is C8H14N4O. The Bertz CT molecular complexity index is 290. The maximum Gasteiger partial charge on any atom is 0.239 e. The molecule has 0 atom stereocenters. The highest BCUT2D eigenvalue weighted by molar-refractivity contribution is 5.09. The number of aliphatic hydroxyl groups is 1. The minimum Gasteiger partial charge on any atom is -0.388 e. The van der Waals surface area contributed by atoms with Gasteiger partial charge in [-0.1, -0.05) is 12.8 Å². The third-order valence-corrected chi connectivity index (χ3v) is 2.54. The topological polar surface area (TPSA) is 77.0 Å². The second kappa shape index (κ2) is 2.99. The number of nitrogen functional groups attached to an aromatic ring is 1. The van der Waals surface area contributed by atoms with Crippen LogP contribution in [0, 0.1) is 0 Å². The monoisotopic (exact) mass is 182 g/mol. The zero-order chi connectivity index (χ0) is 9.31. The number of nitrogens with zero attached hydrogens (tertiary/aromatic N) is 3. The Morgan fingerprint density at radius 3 is 2.77 bits per heavy atom. The quantitative estimate of drug-likeness (QED) is 0.683. The van der Waals surface area contributed by atoms with Gasteiger partial charge in [-0.25, -0.2) is 9.67 Å². The molecule has 13 heavy (non-hydrogen) atoms. The molecule has 5 nitrogen and oxygen atoms in total. The van der Waals surface area contributed by atoms with Crippen molar-refractivity contribution >= 4 is 5.95 Å². The lowest BCUT2D eigenvalue weighted by Gasteiger charge is -2.21. The summed E-state index contributed by atoms with van der Waals surface area (Å²) in [5.41, 5.74) is 4.79. The lowest BCUT2D eigenvalue weighted by atomic mass is 10.0. The van der Waals surface area contributed by atoms with Crippen LogP contribution in [0.3, 0.4) is 0 Å². The second-order valence-electron chi connectivity index (χ2n) is 3.73. The number of anilines is 1. The zero-order valence-electron chi connectivity index (χ0n) is 7.48. The normalized spacial score (nSPS) is 20.7. The molecule has 3 N–H and O–H groups in total. The Morgan fingerprint density at radius 2 is 2.23 bits per heavy atom. The fourth-order valence-corrected chi connectivity index (χ4v) is 1.88. The van der Waals surface area contributed by atoms with Gasteiger partial charge in [0, 0.05) is 0 Å². The Labute approximate surface area is 76.6 Å². The first-order chi connectivity index (χ1) is 6.18. The molecule has 0 spiro atoms. The highest BCUT2D eigenvalue weighted by atomic mass is 16.3. The largest absolute Gasteiger partial charge is 0.388 e. The highest BCUT2D eigenvalue weighted by Gasteiger charge is 2.31. The van der Waals surface area contributed by atoms with Gasteiger partial charge in [0.05, 0.1) is 12.1 Å². The Hall–Kier alpha value is -1.10. The number of hydrogen-bond acceptors (Lipinski definition) is 4. The summed E-state index contributed by atoms with van der Waals surface area (Å²) in [5.74, 6) is 0.265. The first-order valence-corrected chi connectivity index (χ1v) is 4.55. The molecule has 5 heteroatoms. The van der Waals surface area contributed by atoms with Crippen LogP contribution < -0.4 is 5.73 Å². The summed E-state index contributed by atoms with van der Waals surface area (Å²) in [6.07, 6.45) is 5.46. The second-order valence-corrected chi connectivity index (χ2v) is 3.73. The highest BCUT2D eigenvalue weighted by Crippen LogP contribution is 2.30. The Balaban J connectivity index is 2.04. The van der Waals surface area contributed by atoms with Crippen LogP contribution in [0.1, 0.15) is 25.7 Å². The van der Waals surface area contributed by atoms with Crippen LogP contribution in [0.5, 0.6) is 0 Å². The van der Waals surface area contributed by atoms with E-state index >= 15 is 0 Å². The minimum atomic E-state index is -0.583. The molecule has 1 saturated carbocycles. The molecule has 0 radical (unpaired) electrons. The van der Waals surface area contributed by atoms with Crippen LogP contribution in [0.15, 0.2) is 6.33 Å². The Morgan fingerprint density at radius 1 is 1.54 bits per heavy atom. The van der Waals surface area contributed by atoms with Crippen molar-refractivity contribution in [1.82, 2.24) is 14.8 Å². The van der Waals surface area contributed by atoms with Crippen molar-refractivity contribution in [2.75, 3.05) is 5.73 Å². The van der Waals surface area contributed by atoms with Crippen molar-refractivity contribution < 1.29 is 5.11 Å². The van der Waals surface area contributed by atoms with Gasteiger partial charge < -0.3 is 10.8 Å². The summed E-state index contributed by atoms with van der Waals surface area (Å²) in [4.78, 5) is 3.81. The van der Waals surface area contributed by atoms with Gasteiger partial charge in [-0.3, -0.25) is 0 Å². The predicted octanol–water partition coefficient (Wildman–Crippen LogP) is 0.165. The fraction of sp³-hybridized carbons (Fsp3) is 0.750. The van der Waals surface area contributed by atoms with Crippen molar-refractivity contribution in [2.45, 2.75) is 37.8 Å². The number of rotatable bonds is 2. The molecular weight excluding hydrogens is 168 g/mol. The average molecular weight is 182 g/mol. The molecule has 0 amide bonds. The van der Waals surface area contributed by atoms with Crippen molar-refractivity contribution in [3.05, 3.63) is 6.33 Å². The maximum atomic E-state index is 10.0.